The molecule has 5 nitrogen and oxygen atoms in total. The summed E-state index contributed by atoms with van der Waals surface area (Å²) in [6, 6.07) is 5.47. The van der Waals surface area contributed by atoms with Crippen molar-refractivity contribution in [3.8, 4) is 17.2 Å². The Balaban J connectivity index is 1.77. The molecule has 0 unspecified atom stereocenters. The maximum atomic E-state index is 6.00. The van der Waals surface area contributed by atoms with Gasteiger partial charge in [-0.25, -0.2) is 0 Å². The van der Waals surface area contributed by atoms with Crippen LogP contribution in [0.15, 0.2) is 35.1 Å². The minimum atomic E-state index is 0.348. The summed E-state index contributed by atoms with van der Waals surface area (Å²) in [4.78, 5) is 4.04. The molecule has 1 aliphatic rings. The summed E-state index contributed by atoms with van der Waals surface area (Å²) in [5, 5.41) is 0. The van der Waals surface area contributed by atoms with E-state index in [4.69, 9.17) is 19.9 Å². The first-order valence-electron chi connectivity index (χ1n) is 6.14. The largest absolute Gasteiger partial charge is 0.487 e. The van der Waals surface area contributed by atoms with Crippen LogP contribution in [0.5, 0.6) is 17.2 Å². The van der Waals surface area contributed by atoms with Gasteiger partial charge in [-0.15, -0.1) is 0 Å². The third kappa shape index (κ3) is 2.80. The van der Waals surface area contributed by atoms with Crippen molar-refractivity contribution in [3.63, 3.8) is 0 Å². The smallest absolute Gasteiger partial charge is 0.163 e. The summed E-state index contributed by atoms with van der Waals surface area (Å²) in [5.41, 5.74) is 7.48. The molecule has 0 spiro atoms. The topological polar surface area (TPSA) is 66.6 Å². The zero-order valence-corrected chi connectivity index (χ0v) is 12.2. The van der Waals surface area contributed by atoms with Crippen molar-refractivity contribution in [1.82, 2.24) is 4.98 Å². The molecule has 1 aliphatic heterocycles. The van der Waals surface area contributed by atoms with E-state index in [1.54, 1.807) is 18.5 Å². The Morgan fingerprint density at radius 2 is 1.90 bits per heavy atom. The van der Waals surface area contributed by atoms with Crippen molar-refractivity contribution >= 4 is 21.6 Å². The molecule has 0 fully saturated rings. The molecule has 2 heterocycles. The van der Waals surface area contributed by atoms with Gasteiger partial charge in [0.2, 0.25) is 0 Å². The molecule has 6 heteroatoms. The van der Waals surface area contributed by atoms with E-state index in [0.29, 0.717) is 42.8 Å². The first-order valence-corrected chi connectivity index (χ1v) is 6.93. The quantitative estimate of drug-likeness (QED) is 0.873. The van der Waals surface area contributed by atoms with Gasteiger partial charge in [0.25, 0.3) is 0 Å². The van der Waals surface area contributed by atoms with Gasteiger partial charge < -0.3 is 19.9 Å². The van der Waals surface area contributed by atoms with Gasteiger partial charge >= 0.3 is 0 Å². The van der Waals surface area contributed by atoms with Crippen LogP contribution in [0.25, 0.3) is 0 Å². The number of pyridine rings is 1. The van der Waals surface area contributed by atoms with Gasteiger partial charge in [-0.05, 0) is 28.1 Å². The van der Waals surface area contributed by atoms with Gasteiger partial charge in [-0.2, -0.15) is 0 Å². The second kappa shape index (κ2) is 5.58. The van der Waals surface area contributed by atoms with Crippen LogP contribution in [0, 0.1) is 0 Å². The summed E-state index contributed by atoms with van der Waals surface area (Å²) in [5.74, 6) is 2.06. The van der Waals surface area contributed by atoms with Crippen LogP contribution in [0.1, 0.15) is 5.56 Å². The van der Waals surface area contributed by atoms with Crippen molar-refractivity contribution < 1.29 is 14.2 Å². The standard InChI is InChI=1S/C14H13BrN2O3/c15-10-4-11(7-17-6-10)20-8-9-3-13-14(5-12(9)16)19-2-1-18-13/h3-7H,1-2,8,16H2. The number of aromatic nitrogens is 1. The Kier molecular flexibility index (Phi) is 3.64. The van der Waals surface area contributed by atoms with E-state index in [1.165, 1.54) is 0 Å². The maximum absolute atomic E-state index is 6.00. The highest BCUT2D eigenvalue weighted by atomic mass is 79.9. The molecule has 0 saturated carbocycles. The SMILES string of the molecule is Nc1cc2c(cc1COc1cncc(Br)c1)OCCO2. The minimum Gasteiger partial charge on any atom is -0.487 e. The average Bonchev–Trinajstić information content (AvgIpc) is 2.45. The van der Waals surface area contributed by atoms with E-state index in [9.17, 15) is 0 Å². The normalized spacial score (nSPS) is 13.1. The Labute approximate surface area is 124 Å². The molecule has 0 atom stereocenters. The lowest BCUT2D eigenvalue weighted by Gasteiger charge is -2.20. The van der Waals surface area contributed by atoms with Crippen LogP contribution in [0.2, 0.25) is 0 Å². The fraction of sp³-hybridized carbons (Fsp3) is 0.214. The number of ether oxygens (including phenoxy) is 3. The maximum Gasteiger partial charge on any atom is 0.163 e. The lowest BCUT2D eigenvalue weighted by atomic mass is 10.1. The highest BCUT2D eigenvalue weighted by Crippen LogP contribution is 2.34. The highest BCUT2D eigenvalue weighted by molar-refractivity contribution is 9.10. The molecule has 20 heavy (non-hydrogen) atoms. The van der Waals surface area contributed by atoms with Crippen LogP contribution < -0.4 is 19.9 Å². The molecule has 2 aromatic rings. The van der Waals surface area contributed by atoms with Gasteiger partial charge in [0.15, 0.2) is 11.5 Å². The summed E-state index contributed by atoms with van der Waals surface area (Å²) in [7, 11) is 0. The van der Waals surface area contributed by atoms with Crippen LogP contribution in [0.3, 0.4) is 0 Å². The molecule has 0 radical (unpaired) electrons. The second-order valence-electron chi connectivity index (χ2n) is 4.32. The first kappa shape index (κ1) is 13.1. The number of nitrogen functional groups attached to an aromatic ring is 1. The summed E-state index contributed by atoms with van der Waals surface area (Å²) in [6.07, 6.45) is 3.35. The van der Waals surface area contributed by atoms with Gasteiger partial charge in [-0.1, -0.05) is 0 Å². The monoisotopic (exact) mass is 336 g/mol. The van der Waals surface area contributed by atoms with Crippen molar-refractivity contribution in [1.29, 1.82) is 0 Å². The number of rotatable bonds is 3. The summed E-state index contributed by atoms with van der Waals surface area (Å²) < 4.78 is 17.6. The number of anilines is 1. The average molecular weight is 337 g/mol. The molecule has 1 aromatic heterocycles. The molecule has 1 aromatic carbocycles. The zero-order chi connectivity index (χ0) is 13.9. The van der Waals surface area contributed by atoms with Gasteiger partial charge in [0, 0.05) is 28.0 Å². The first-order chi connectivity index (χ1) is 9.72. The Morgan fingerprint density at radius 3 is 2.65 bits per heavy atom. The lowest BCUT2D eigenvalue weighted by Crippen LogP contribution is -2.16. The number of halogens is 1. The molecule has 0 amide bonds. The van der Waals surface area contributed by atoms with E-state index in [1.807, 2.05) is 12.1 Å². The fourth-order valence-electron chi connectivity index (χ4n) is 1.90. The number of nitrogens with zero attached hydrogens (tertiary/aromatic N) is 1. The Bertz CT molecular complexity index is 634. The molecule has 2 N–H and O–H groups in total. The molecule has 0 aliphatic carbocycles. The number of nitrogens with two attached hydrogens (primary N) is 1. The Morgan fingerprint density at radius 1 is 1.15 bits per heavy atom. The molecule has 0 bridgehead atoms. The molecule has 0 saturated heterocycles. The van der Waals surface area contributed by atoms with Crippen LogP contribution in [-0.4, -0.2) is 18.2 Å². The van der Waals surface area contributed by atoms with E-state index in [-0.39, 0.29) is 0 Å². The molecule has 3 rings (SSSR count). The van der Waals surface area contributed by atoms with Gasteiger partial charge in [-0.3, -0.25) is 4.98 Å². The molecule has 104 valence electrons. The number of hydrogen-bond donors (Lipinski definition) is 1. The van der Waals surface area contributed by atoms with Crippen LogP contribution in [-0.2, 0) is 6.61 Å². The number of fused-ring (bicyclic) bond motifs is 1. The molecular formula is C14H13BrN2O3. The molecular weight excluding hydrogens is 324 g/mol. The van der Waals surface area contributed by atoms with E-state index in [2.05, 4.69) is 20.9 Å². The second-order valence-corrected chi connectivity index (χ2v) is 5.24. The van der Waals surface area contributed by atoms with Gasteiger partial charge in [0.05, 0.1) is 6.20 Å². The minimum absolute atomic E-state index is 0.348. The van der Waals surface area contributed by atoms with Crippen LogP contribution >= 0.6 is 15.9 Å². The van der Waals surface area contributed by atoms with E-state index >= 15 is 0 Å². The highest BCUT2D eigenvalue weighted by Gasteiger charge is 2.14. The van der Waals surface area contributed by atoms with E-state index in [0.717, 1.165) is 10.0 Å². The predicted molar refractivity (Wildman–Crippen MR) is 78.1 cm³/mol. The predicted octanol–water partition coefficient (Wildman–Crippen LogP) is 2.78. The number of hydrogen-bond acceptors (Lipinski definition) is 5. The van der Waals surface area contributed by atoms with Crippen LogP contribution in [0.4, 0.5) is 5.69 Å². The van der Waals surface area contributed by atoms with Crippen molar-refractivity contribution in [2.75, 3.05) is 18.9 Å². The summed E-state index contributed by atoms with van der Waals surface area (Å²) >= 11 is 3.35. The zero-order valence-electron chi connectivity index (χ0n) is 10.6. The lowest BCUT2D eigenvalue weighted by molar-refractivity contribution is 0.171. The number of benzene rings is 1. The fourth-order valence-corrected chi connectivity index (χ4v) is 2.25. The summed E-state index contributed by atoms with van der Waals surface area (Å²) in [6.45, 7) is 1.44. The van der Waals surface area contributed by atoms with E-state index < -0.39 is 0 Å². The van der Waals surface area contributed by atoms with Gasteiger partial charge in [0.1, 0.15) is 25.6 Å². The van der Waals surface area contributed by atoms with Crippen molar-refractivity contribution in [2.45, 2.75) is 6.61 Å². The third-order valence-corrected chi connectivity index (χ3v) is 3.31. The van der Waals surface area contributed by atoms with Crippen molar-refractivity contribution in [3.05, 3.63) is 40.6 Å². The van der Waals surface area contributed by atoms with Crippen molar-refractivity contribution in [2.24, 2.45) is 0 Å². The Hall–Kier alpha value is -1.95. The third-order valence-electron chi connectivity index (χ3n) is 2.88.